The maximum absolute atomic E-state index is 11.8. The van der Waals surface area contributed by atoms with E-state index in [1.807, 2.05) is 48.5 Å². The van der Waals surface area contributed by atoms with Gasteiger partial charge < -0.3 is 10.1 Å². The van der Waals surface area contributed by atoms with Crippen LogP contribution in [0.25, 0.3) is 0 Å². The van der Waals surface area contributed by atoms with Gasteiger partial charge in [-0.1, -0.05) is 42.5 Å². The topological polar surface area (TPSA) is 79.8 Å². The molecule has 0 bridgehead atoms. The minimum atomic E-state index is -0.319. The Morgan fingerprint density at radius 1 is 1.00 bits per heavy atom. The summed E-state index contributed by atoms with van der Waals surface area (Å²) >= 11 is 0. The molecule has 2 aromatic carbocycles. The molecule has 130 valence electrons. The second kappa shape index (κ2) is 9.87. The Hall–Kier alpha value is -3.15. The number of rotatable bonds is 8. The molecule has 0 saturated heterocycles. The van der Waals surface area contributed by atoms with Crippen molar-refractivity contribution in [2.45, 2.75) is 19.4 Å². The zero-order valence-corrected chi connectivity index (χ0v) is 14.1. The SMILES string of the molecule is COc1ccccc1C=NNC(=O)CCC(=O)NCc1ccccc1. The zero-order chi connectivity index (χ0) is 17.9. The summed E-state index contributed by atoms with van der Waals surface area (Å²) in [5.41, 5.74) is 4.18. The first-order valence-corrected chi connectivity index (χ1v) is 7.94. The van der Waals surface area contributed by atoms with E-state index in [1.165, 1.54) is 6.21 Å². The van der Waals surface area contributed by atoms with Gasteiger partial charge in [0.2, 0.25) is 11.8 Å². The molecule has 2 aromatic rings. The van der Waals surface area contributed by atoms with E-state index in [0.717, 1.165) is 11.1 Å². The summed E-state index contributed by atoms with van der Waals surface area (Å²) in [5.74, 6) is 0.175. The molecule has 0 spiro atoms. The minimum Gasteiger partial charge on any atom is -0.496 e. The van der Waals surface area contributed by atoms with Crippen molar-refractivity contribution in [1.29, 1.82) is 0 Å². The number of amides is 2. The summed E-state index contributed by atoms with van der Waals surface area (Å²) in [6.45, 7) is 0.452. The Bertz CT molecular complexity index is 730. The maximum atomic E-state index is 11.8. The predicted octanol–water partition coefficient (Wildman–Crippen LogP) is 2.24. The Morgan fingerprint density at radius 3 is 2.44 bits per heavy atom. The smallest absolute Gasteiger partial charge is 0.240 e. The summed E-state index contributed by atoms with van der Waals surface area (Å²) < 4.78 is 5.19. The summed E-state index contributed by atoms with van der Waals surface area (Å²) in [6.07, 6.45) is 1.69. The number of methoxy groups -OCH3 is 1. The van der Waals surface area contributed by atoms with E-state index in [1.54, 1.807) is 13.2 Å². The first-order valence-electron chi connectivity index (χ1n) is 7.94. The fourth-order valence-electron chi connectivity index (χ4n) is 2.11. The standard InChI is InChI=1S/C19H21N3O3/c1-25-17-10-6-5-9-16(17)14-21-22-19(24)12-11-18(23)20-13-15-7-3-2-4-8-15/h2-10,14H,11-13H2,1H3,(H,20,23)(H,22,24). The van der Waals surface area contributed by atoms with Crippen LogP contribution in [-0.4, -0.2) is 25.1 Å². The van der Waals surface area contributed by atoms with Gasteiger partial charge >= 0.3 is 0 Å². The van der Waals surface area contributed by atoms with Crippen molar-refractivity contribution in [3.63, 3.8) is 0 Å². The molecule has 2 rings (SSSR count). The molecule has 0 unspecified atom stereocenters. The van der Waals surface area contributed by atoms with Gasteiger partial charge in [0.15, 0.2) is 0 Å². The lowest BCUT2D eigenvalue weighted by atomic mass is 10.2. The average molecular weight is 339 g/mol. The van der Waals surface area contributed by atoms with Gasteiger partial charge in [-0.3, -0.25) is 9.59 Å². The minimum absolute atomic E-state index is 0.0733. The molecule has 0 fully saturated rings. The van der Waals surface area contributed by atoms with Crippen LogP contribution in [0.2, 0.25) is 0 Å². The highest BCUT2D eigenvalue weighted by Gasteiger charge is 2.06. The van der Waals surface area contributed by atoms with Gasteiger partial charge in [-0.25, -0.2) is 5.43 Å². The normalized spacial score (nSPS) is 10.4. The highest BCUT2D eigenvalue weighted by molar-refractivity contribution is 5.86. The second-order valence-corrected chi connectivity index (χ2v) is 5.30. The van der Waals surface area contributed by atoms with Gasteiger partial charge in [-0.2, -0.15) is 5.10 Å². The van der Waals surface area contributed by atoms with E-state index in [2.05, 4.69) is 15.8 Å². The molecule has 0 radical (unpaired) electrons. The number of benzene rings is 2. The Morgan fingerprint density at radius 2 is 1.68 bits per heavy atom. The predicted molar refractivity (Wildman–Crippen MR) is 96.3 cm³/mol. The first kappa shape index (κ1) is 18.2. The molecule has 6 nitrogen and oxygen atoms in total. The molecule has 0 aromatic heterocycles. The van der Waals surface area contributed by atoms with E-state index in [0.29, 0.717) is 12.3 Å². The fraction of sp³-hybridized carbons (Fsp3) is 0.211. The molecule has 0 atom stereocenters. The number of carbonyl (C=O) groups excluding carboxylic acids is 2. The lowest BCUT2D eigenvalue weighted by Gasteiger charge is -2.05. The number of nitrogens with one attached hydrogen (secondary N) is 2. The Labute approximate surface area is 146 Å². The van der Waals surface area contributed by atoms with Crippen LogP contribution in [0.5, 0.6) is 5.75 Å². The summed E-state index contributed by atoms with van der Waals surface area (Å²) in [6, 6.07) is 16.9. The summed E-state index contributed by atoms with van der Waals surface area (Å²) in [4.78, 5) is 23.5. The molecule has 25 heavy (non-hydrogen) atoms. The largest absolute Gasteiger partial charge is 0.496 e. The van der Waals surface area contributed by atoms with Crippen LogP contribution in [0.3, 0.4) is 0 Å². The zero-order valence-electron chi connectivity index (χ0n) is 14.1. The van der Waals surface area contributed by atoms with E-state index >= 15 is 0 Å². The van der Waals surface area contributed by atoms with Crippen molar-refractivity contribution < 1.29 is 14.3 Å². The molecule has 6 heteroatoms. The molecule has 2 amide bonds. The van der Waals surface area contributed by atoms with Gasteiger partial charge in [0.1, 0.15) is 5.75 Å². The average Bonchev–Trinajstić information content (AvgIpc) is 2.66. The third kappa shape index (κ3) is 6.47. The van der Waals surface area contributed by atoms with E-state index in [9.17, 15) is 9.59 Å². The van der Waals surface area contributed by atoms with E-state index < -0.39 is 0 Å². The fourth-order valence-corrected chi connectivity index (χ4v) is 2.11. The van der Waals surface area contributed by atoms with Gasteiger partial charge in [0.25, 0.3) is 0 Å². The van der Waals surface area contributed by atoms with Crippen molar-refractivity contribution in [3.8, 4) is 5.75 Å². The van der Waals surface area contributed by atoms with Crippen LogP contribution in [0.4, 0.5) is 0 Å². The molecule has 2 N–H and O–H groups in total. The van der Waals surface area contributed by atoms with Gasteiger partial charge in [-0.15, -0.1) is 0 Å². The first-order chi connectivity index (χ1) is 12.2. The van der Waals surface area contributed by atoms with Gasteiger partial charge in [-0.05, 0) is 17.7 Å². The van der Waals surface area contributed by atoms with Crippen molar-refractivity contribution in [2.75, 3.05) is 7.11 Å². The van der Waals surface area contributed by atoms with Gasteiger partial charge in [0.05, 0.1) is 13.3 Å². The lowest BCUT2D eigenvalue weighted by molar-refractivity contribution is -0.126. The van der Waals surface area contributed by atoms with Crippen LogP contribution >= 0.6 is 0 Å². The third-order valence-corrected chi connectivity index (χ3v) is 3.44. The third-order valence-electron chi connectivity index (χ3n) is 3.44. The number of hydrazone groups is 1. The Kier molecular flexibility index (Phi) is 7.18. The van der Waals surface area contributed by atoms with Crippen molar-refractivity contribution in [2.24, 2.45) is 5.10 Å². The molecule has 0 saturated carbocycles. The molecular formula is C19H21N3O3. The summed E-state index contributed by atoms with van der Waals surface area (Å²) in [5, 5.41) is 6.66. The molecule has 0 heterocycles. The van der Waals surface area contributed by atoms with Crippen molar-refractivity contribution in [3.05, 3.63) is 65.7 Å². The second-order valence-electron chi connectivity index (χ2n) is 5.30. The van der Waals surface area contributed by atoms with Gasteiger partial charge in [0, 0.05) is 24.9 Å². The number of ether oxygens (including phenoxy) is 1. The van der Waals surface area contributed by atoms with Crippen molar-refractivity contribution in [1.82, 2.24) is 10.7 Å². The van der Waals surface area contributed by atoms with Crippen LogP contribution in [0.15, 0.2) is 59.7 Å². The van der Waals surface area contributed by atoms with Crippen molar-refractivity contribution >= 4 is 18.0 Å². The number of hydrogen-bond donors (Lipinski definition) is 2. The van der Waals surface area contributed by atoms with E-state index in [-0.39, 0.29) is 24.7 Å². The van der Waals surface area contributed by atoms with Crippen LogP contribution < -0.4 is 15.5 Å². The Balaban J connectivity index is 1.69. The molecular weight excluding hydrogens is 318 g/mol. The molecule has 0 aliphatic carbocycles. The summed E-state index contributed by atoms with van der Waals surface area (Å²) in [7, 11) is 1.57. The lowest BCUT2D eigenvalue weighted by Crippen LogP contribution is -2.25. The quantitative estimate of drug-likeness (QED) is 0.572. The van der Waals surface area contributed by atoms with Crippen LogP contribution in [0, 0.1) is 0 Å². The van der Waals surface area contributed by atoms with Crippen LogP contribution in [-0.2, 0) is 16.1 Å². The number of carbonyl (C=O) groups is 2. The number of para-hydroxylation sites is 1. The highest BCUT2D eigenvalue weighted by Crippen LogP contribution is 2.14. The maximum Gasteiger partial charge on any atom is 0.240 e. The number of nitrogens with zero attached hydrogens (tertiary/aromatic N) is 1. The van der Waals surface area contributed by atoms with E-state index in [4.69, 9.17) is 4.74 Å². The number of hydrogen-bond acceptors (Lipinski definition) is 4. The molecule has 0 aliphatic rings. The highest BCUT2D eigenvalue weighted by atomic mass is 16.5. The molecule has 0 aliphatic heterocycles. The van der Waals surface area contributed by atoms with Crippen LogP contribution in [0.1, 0.15) is 24.0 Å². The monoisotopic (exact) mass is 339 g/mol.